The summed E-state index contributed by atoms with van der Waals surface area (Å²) in [7, 11) is 0. The number of anilines is 1. The average Bonchev–Trinajstić information content (AvgIpc) is 2.71. The second kappa shape index (κ2) is 4.01. The zero-order valence-electron chi connectivity index (χ0n) is 7.85. The highest BCUT2D eigenvalue weighted by molar-refractivity contribution is 5.36. The van der Waals surface area contributed by atoms with E-state index in [2.05, 4.69) is 20.1 Å². The van der Waals surface area contributed by atoms with Crippen LogP contribution >= 0.6 is 0 Å². The minimum absolute atomic E-state index is 0.231. The van der Waals surface area contributed by atoms with Crippen LogP contribution in [0.1, 0.15) is 18.7 Å². The summed E-state index contributed by atoms with van der Waals surface area (Å²) in [6, 6.07) is 2.02. The summed E-state index contributed by atoms with van der Waals surface area (Å²) in [5.41, 5.74) is 0. The minimum atomic E-state index is 0.231. The Bertz CT molecular complexity index is 350. The highest BCUT2D eigenvalue weighted by Crippen LogP contribution is 2.15. The van der Waals surface area contributed by atoms with Crippen LogP contribution in [0.2, 0.25) is 0 Å². The van der Waals surface area contributed by atoms with Crippen molar-refractivity contribution in [2.24, 2.45) is 0 Å². The van der Waals surface area contributed by atoms with Crippen LogP contribution in [-0.2, 0) is 6.42 Å². The van der Waals surface area contributed by atoms with E-state index in [9.17, 15) is 0 Å². The second-order valence-corrected chi connectivity index (χ2v) is 3.26. The van der Waals surface area contributed by atoms with Crippen molar-refractivity contribution in [1.29, 1.82) is 5.26 Å². The number of hydrogen-bond donors (Lipinski definition) is 0. The summed E-state index contributed by atoms with van der Waals surface area (Å²) in [4.78, 5) is 6.45. The lowest BCUT2D eigenvalue weighted by Crippen LogP contribution is -2.20. The Labute approximate surface area is 82.4 Å². The molecule has 1 aromatic rings. The number of nitriles is 1. The van der Waals surface area contributed by atoms with Crippen molar-refractivity contribution in [3.8, 4) is 6.07 Å². The van der Waals surface area contributed by atoms with Gasteiger partial charge in [0.15, 0.2) is 11.6 Å². The molecule has 0 atom stereocenters. The average molecular weight is 189 g/mol. The van der Waals surface area contributed by atoms with Crippen LogP contribution in [0.4, 0.5) is 5.82 Å². The molecule has 72 valence electrons. The predicted octanol–water partition coefficient (Wildman–Crippen LogP) is 0.538. The molecule has 0 bridgehead atoms. The van der Waals surface area contributed by atoms with E-state index in [-0.39, 0.29) is 6.42 Å². The van der Waals surface area contributed by atoms with E-state index in [1.165, 1.54) is 12.8 Å². The molecule has 1 fully saturated rings. The molecular formula is C9H11N5. The van der Waals surface area contributed by atoms with E-state index in [1.54, 1.807) is 6.20 Å². The molecule has 1 aliphatic heterocycles. The van der Waals surface area contributed by atoms with E-state index in [1.807, 2.05) is 6.07 Å². The monoisotopic (exact) mass is 189 g/mol. The molecule has 2 heterocycles. The van der Waals surface area contributed by atoms with E-state index >= 15 is 0 Å². The first-order chi connectivity index (χ1) is 6.90. The highest BCUT2D eigenvalue weighted by Gasteiger charge is 2.14. The molecule has 0 aliphatic carbocycles. The first-order valence-electron chi connectivity index (χ1n) is 4.70. The van der Waals surface area contributed by atoms with Crippen molar-refractivity contribution >= 4 is 5.82 Å². The Balaban J connectivity index is 2.17. The fraction of sp³-hybridized carbons (Fsp3) is 0.556. The Kier molecular flexibility index (Phi) is 2.54. The van der Waals surface area contributed by atoms with E-state index in [4.69, 9.17) is 5.26 Å². The Morgan fingerprint density at radius 1 is 1.43 bits per heavy atom. The molecule has 14 heavy (non-hydrogen) atoms. The van der Waals surface area contributed by atoms with Gasteiger partial charge in [-0.05, 0) is 12.8 Å². The van der Waals surface area contributed by atoms with Crippen molar-refractivity contribution in [3.63, 3.8) is 0 Å². The van der Waals surface area contributed by atoms with Gasteiger partial charge >= 0.3 is 0 Å². The number of nitrogens with zero attached hydrogens (tertiary/aromatic N) is 5. The lowest BCUT2D eigenvalue weighted by molar-refractivity contribution is 0.836. The molecule has 1 aliphatic rings. The first kappa shape index (κ1) is 8.88. The van der Waals surface area contributed by atoms with E-state index in [0.29, 0.717) is 5.82 Å². The van der Waals surface area contributed by atoms with Crippen LogP contribution in [0.3, 0.4) is 0 Å². The number of rotatable bonds is 2. The lowest BCUT2D eigenvalue weighted by Gasteiger charge is -2.15. The smallest absolute Gasteiger partial charge is 0.167 e. The quantitative estimate of drug-likeness (QED) is 0.679. The van der Waals surface area contributed by atoms with Gasteiger partial charge in [-0.15, -0.1) is 5.10 Å². The van der Waals surface area contributed by atoms with Gasteiger partial charge in [0.25, 0.3) is 0 Å². The van der Waals surface area contributed by atoms with Gasteiger partial charge in [0.2, 0.25) is 0 Å². The molecule has 0 unspecified atom stereocenters. The molecule has 5 heteroatoms. The molecular weight excluding hydrogens is 178 g/mol. The minimum Gasteiger partial charge on any atom is -0.355 e. The van der Waals surface area contributed by atoms with Gasteiger partial charge < -0.3 is 4.90 Å². The first-order valence-corrected chi connectivity index (χ1v) is 4.70. The third-order valence-corrected chi connectivity index (χ3v) is 2.26. The number of hydrogen-bond acceptors (Lipinski definition) is 5. The molecule has 2 rings (SSSR count). The van der Waals surface area contributed by atoms with Crippen LogP contribution < -0.4 is 4.90 Å². The van der Waals surface area contributed by atoms with Crippen molar-refractivity contribution < 1.29 is 0 Å². The largest absolute Gasteiger partial charge is 0.355 e. The van der Waals surface area contributed by atoms with Crippen molar-refractivity contribution in [1.82, 2.24) is 15.2 Å². The summed E-state index contributed by atoms with van der Waals surface area (Å²) >= 11 is 0. The third-order valence-electron chi connectivity index (χ3n) is 2.26. The van der Waals surface area contributed by atoms with Crippen molar-refractivity contribution in [2.75, 3.05) is 18.0 Å². The summed E-state index contributed by atoms with van der Waals surface area (Å²) in [6.45, 7) is 2.06. The molecule has 1 aromatic heterocycles. The molecule has 0 N–H and O–H groups in total. The van der Waals surface area contributed by atoms with Gasteiger partial charge in [-0.1, -0.05) is 0 Å². The van der Waals surface area contributed by atoms with E-state index in [0.717, 1.165) is 18.9 Å². The maximum absolute atomic E-state index is 8.50. The zero-order chi connectivity index (χ0) is 9.80. The molecule has 0 radical (unpaired) electrons. The van der Waals surface area contributed by atoms with Gasteiger partial charge in [-0.3, -0.25) is 0 Å². The maximum atomic E-state index is 8.50. The Morgan fingerprint density at radius 2 is 2.21 bits per heavy atom. The zero-order valence-corrected chi connectivity index (χ0v) is 7.85. The van der Waals surface area contributed by atoms with Crippen molar-refractivity contribution in [2.45, 2.75) is 19.3 Å². The molecule has 0 amide bonds. The standard InChI is InChI=1S/C9H11N5/c10-4-3-8-12-9(7-11-13-8)14-5-1-2-6-14/h7H,1-3,5-6H2. The molecule has 0 aromatic carbocycles. The van der Waals surface area contributed by atoms with Crippen LogP contribution in [0.15, 0.2) is 6.20 Å². The maximum Gasteiger partial charge on any atom is 0.167 e. The van der Waals surface area contributed by atoms with Crippen LogP contribution in [0.25, 0.3) is 0 Å². The Morgan fingerprint density at radius 3 is 2.93 bits per heavy atom. The SMILES string of the molecule is N#CCc1nncc(N2CCCC2)n1. The normalized spacial score (nSPS) is 15.5. The van der Waals surface area contributed by atoms with Crippen LogP contribution in [0, 0.1) is 11.3 Å². The molecule has 1 saturated heterocycles. The Hall–Kier alpha value is -1.70. The van der Waals surface area contributed by atoms with Gasteiger partial charge in [-0.25, -0.2) is 4.98 Å². The second-order valence-electron chi connectivity index (χ2n) is 3.26. The van der Waals surface area contributed by atoms with Gasteiger partial charge in [0.05, 0.1) is 18.7 Å². The lowest BCUT2D eigenvalue weighted by atomic mass is 10.4. The fourth-order valence-electron chi connectivity index (χ4n) is 1.57. The van der Waals surface area contributed by atoms with E-state index < -0.39 is 0 Å². The molecule has 5 nitrogen and oxygen atoms in total. The highest BCUT2D eigenvalue weighted by atomic mass is 15.3. The third kappa shape index (κ3) is 1.79. The van der Waals surface area contributed by atoms with Crippen molar-refractivity contribution in [3.05, 3.63) is 12.0 Å². The summed E-state index contributed by atoms with van der Waals surface area (Å²) in [5, 5.41) is 16.1. The van der Waals surface area contributed by atoms with Crippen LogP contribution in [0.5, 0.6) is 0 Å². The topological polar surface area (TPSA) is 65.7 Å². The summed E-state index contributed by atoms with van der Waals surface area (Å²) in [6.07, 6.45) is 4.30. The number of aromatic nitrogens is 3. The van der Waals surface area contributed by atoms with Gasteiger partial charge in [0, 0.05) is 13.1 Å². The van der Waals surface area contributed by atoms with Crippen LogP contribution in [-0.4, -0.2) is 28.3 Å². The molecule has 0 saturated carbocycles. The summed E-state index contributed by atoms with van der Waals surface area (Å²) < 4.78 is 0. The summed E-state index contributed by atoms with van der Waals surface area (Å²) in [5.74, 6) is 1.36. The predicted molar refractivity (Wildman–Crippen MR) is 50.6 cm³/mol. The molecule has 0 spiro atoms. The van der Waals surface area contributed by atoms with Gasteiger partial charge in [-0.2, -0.15) is 10.4 Å². The van der Waals surface area contributed by atoms with Gasteiger partial charge in [0.1, 0.15) is 0 Å². The fourth-order valence-corrected chi connectivity index (χ4v) is 1.57.